The van der Waals surface area contributed by atoms with Gasteiger partial charge in [0, 0.05) is 28.7 Å². The molecule has 4 rings (SSSR count). The maximum absolute atomic E-state index is 6.16. The number of nitrogens with zero attached hydrogens (tertiary/aromatic N) is 2. The Morgan fingerprint density at radius 1 is 1.29 bits per heavy atom. The van der Waals surface area contributed by atoms with Crippen LogP contribution in [0.5, 0.6) is 0 Å². The van der Waals surface area contributed by atoms with Gasteiger partial charge in [-0.3, -0.25) is 0 Å². The molecule has 1 aromatic carbocycles. The number of halogens is 1. The van der Waals surface area contributed by atoms with E-state index in [2.05, 4.69) is 37.4 Å². The Bertz CT molecular complexity index is 866. The molecule has 124 valence electrons. The summed E-state index contributed by atoms with van der Waals surface area (Å²) in [6, 6.07) is 12.8. The van der Waals surface area contributed by atoms with Gasteiger partial charge in [-0.1, -0.05) is 29.8 Å². The van der Waals surface area contributed by atoms with E-state index >= 15 is 0 Å². The number of fused-ring (bicyclic) bond motifs is 1. The van der Waals surface area contributed by atoms with Crippen molar-refractivity contribution in [2.24, 2.45) is 0 Å². The summed E-state index contributed by atoms with van der Waals surface area (Å²) in [4.78, 5) is 1.44. The summed E-state index contributed by atoms with van der Waals surface area (Å²) < 4.78 is 2.93. The summed E-state index contributed by atoms with van der Waals surface area (Å²) >= 11 is 7.88. The maximum Gasteiger partial charge on any atom is 0.0934 e. The molecular formula is C19H20ClN3S. The predicted octanol–water partition coefficient (Wildman–Crippen LogP) is 4.98. The molecule has 1 unspecified atom stereocenters. The largest absolute Gasteiger partial charge is 0.306 e. The van der Waals surface area contributed by atoms with E-state index in [0.717, 1.165) is 35.1 Å². The number of hydrogen-bond acceptors (Lipinski definition) is 3. The molecule has 3 nitrogen and oxygen atoms in total. The molecule has 0 aliphatic heterocycles. The summed E-state index contributed by atoms with van der Waals surface area (Å²) in [7, 11) is 0. The van der Waals surface area contributed by atoms with Crippen LogP contribution in [0.15, 0.2) is 36.4 Å². The molecule has 5 heteroatoms. The number of nitrogens with one attached hydrogen (secondary N) is 1. The monoisotopic (exact) mass is 357 g/mol. The van der Waals surface area contributed by atoms with Crippen LogP contribution in [0.3, 0.4) is 0 Å². The van der Waals surface area contributed by atoms with E-state index in [-0.39, 0.29) is 0 Å². The van der Waals surface area contributed by atoms with Gasteiger partial charge in [0.15, 0.2) is 0 Å². The second kappa shape index (κ2) is 6.36. The van der Waals surface area contributed by atoms with Crippen LogP contribution in [0.2, 0.25) is 4.34 Å². The lowest BCUT2D eigenvalue weighted by Gasteiger charge is -2.13. The first-order valence-electron chi connectivity index (χ1n) is 8.25. The van der Waals surface area contributed by atoms with E-state index in [0.29, 0.717) is 6.04 Å². The molecular weight excluding hydrogens is 338 g/mol. The van der Waals surface area contributed by atoms with Gasteiger partial charge in [0.25, 0.3) is 0 Å². The molecule has 0 saturated carbocycles. The third-order valence-corrected chi connectivity index (χ3v) is 6.15. The van der Waals surface area contributed by atoms with Crippen LogP contribution in [0.4, 0.5) is 0 Å². The lowest BCUT2D eigenvalue weighted by Crippen LogP contribution is -2.19. The van der Waals surface area contributed by atoms with Gasteiger partial charge in [0.1, 0.15) is 0 Å². The molecule has 0 radical (unpaired) electrons. The Balaban J connectivity index is 1.55. The Morgan fingerprint density at radius 3 is 2.88 bits per heavy atom. The Kier molecular flexibility index (Phi) is 4.21. The van der Waals surface area contributed by atoms with E-state index in [1.807, 2.05) is 22.9 Å². The van der Waals surface area contributed by atoms with Crippen molar-refractivity contribution >= 4 is 22.9 Å². The molecule has 1 N–H and O–H groups in total. The lowest BCUT2D eigenvalue weighted by atomic mass is 10.1. The molecule has 2 aromatic heterocycles. The van der Waals surface area contributed by atoms with Gasteiger partial charge < -0.3 is 5.32 Å². The minimum Gasteiger partial charge on any atom is -0.306 e. The third-order valence-electron chi connectivity index (χ3n) is 4.81. The van der Waals surface area contributed by atoms with Gasteiger partial charge in [-0.05, 0) is 50.5 Å². The van der Waals surface area contributed by atoms with Gasteiger partial charge in [-0.2, -0.15) is 5.10 Å². The average molecular weight is 358 g/mol. The molecule has 0 bridgehead atoms. The molecule has 1 aliphatic rings. The first kappa shape index (κ1) is 15.9. The first-order valence-corrected chi connectivity index (χ1v) is 9.45. The van der Waals surface area contributed by atoms with Crippen molar-refractivity contribution in [3.8, 4) is 5.69 Å². The van der Waals surface area contributed by atoms with Crippen LogP contribution in [-0.4, -0.2) is 9.78 Å². The lowest BCUT2D eigenvalue weighted by molar-refractivity contribution is 0.528. The average Bonchev–Trinajstić information content (AvgIpc) is 3.21. The Morgan fingerprint density at radius 2 is 2.08 bits per heavy atom. The fourth-order valence-corrected chi connectivity index (χ4v) is 4.88. The van der Waals surface area contributed by atoms with Gasteiger partial charge in [-0.15, -0.1) is 11.3 Å². The van der Waals surface area contributed by atoms with Crippen LogP contribution in [0.1, 0.15) is 39.9 Å². The number of para-hydroxylation sites is 1. The second-order valence-corrected chi connectivity index (χ2v) is 8.07. The number of rotatable bonds is 4. The molecule has 0 amide bonds. The van der Waals surface area contributed by atoms with E-state index in [1.54, 1.807) is 11.3 Å². The van der Waals surface area contributed by atoms with E-state index < -0.39 is 0 Å². The fourth-order valence-electron chi connectivity index (χ4n) is 3.52. The van der Waals surface area contributed by atoms with Gasteiger partial charge in [0.05, 0.1) is 15.7 Å². The SMILES string of the molecule is Cc1nn(-c2ccccc2)c(C)c1CNC1CCc2sc(Cl)cc21. The minimum absolute atomic E-state index is 0.405. The van der Waals surface area contributed by atoms with Crippen molar-refractivity contribution in [2.75, 3.05) is 0 Å². The van der Waals surface area contributed by atoms with Crippen LogP contribution in [-0.2, 0) is 13.0 Å². The quantitative estimate of drug-likeness (QED) is 0.713. The predicted molar refractivity (Wildman–Crippen MR) is 100 cm³/mol. The van der Waals surface area contributed by atoms with Crippen molar-refractivity contribution in [2.45, 2.75) is 39.3 Å². The third kappa shape index (κ3) is 2.79. The van der Waals surface area contributed by atoms with Crippen molar-refractivity contribution in [1.29, 1.82) is 0 Å². The smallest absolute Gasteiger partial charge is 0.0934 e. The molecule has 0 saturated heterocycles. The maximum atomic E-state index is 6.16. The van der Waals surface area contributed by atoms with E-state index in [4.69, 9.17) is 16.7 Å². The van der Waals surface area contributed by atoms with Gasteiger partial charge in [-0.25, -0.2) is 4.68 Å². The van der Waals surface area contributed by atoms with Gasteiger partial charge in [0.2, 0.25) is 0 Å². The first-order chi connectivity index (χ1) is 11.6. The van der Waals surface area contributed by atoms with Crippen molar-refractivity contribution in [3.63, 3.8) is 0 Å². The highest BCUT2D eigenvalue weighted by atomic mass is 35.5. The number of aromatic nitrogens is 2. The molecule has 2 heterocycles. The number of aryl methyl sites for hydroxylation is 2. The zero-order valence-corrected chi connectivity index (χ0v) is 15.4. The molecule has 1 aliphatic carbocycles. The molecule has 0 spiro atoms. The summed E-state index contributed by atoms with van der Waals surface area (Å²) in [6.07, 6.45) is 2.29. The topological polar surface area (TPSA) is 29.9 Å². The van der Waals surface area contributed by atoms with Crippen molar-refractivity contribution in [1.82, 2.24) is 15.1 Å². The molecule has 1 atom stereocenters. The minimum atomic E-state index is 0.405. The highest BCUT2D eigenvalue weighted by Gasteiger charge is 2.25. The number of benzene rings is 1. The highest BCUT2D eigenvalue weighted by Crippen LogP contribution is 2.39. The summed E-state index contributed by atoms with van der Waals surface area (Å²) in [5, 5.41) is 8.44. The molecule has 3 aromatic rings. The normalized spacial score (nSPS) is 16.5. The van der Waals surface area contributed by atoms with E-state index in [1.165, 1.54) is 21.7 Å². The molecule has 0 fully saturated rings. The van der Waals surface area contributed by atoms with Crippen LogP contribution >= 0.6 is 22.9 Å². The van der Waals surface area contributed by atoms with Crippen LogP contribution in [0.25, 0.3) is 5.69 Å². The second-order valence-electron chi connectivity index (χ2n) is 6.30. The number of hydrogen-bond donors (Lipinski definition) is 1. The Hall–Kier alpha value is -1.62. The summed E-state index contributed by atoms with van der Waals surface area (Å²) in [6.45, 7) is 5.07. The zero-order chi connectivity index (χ0) is 16.7. The standard InChI is InChI=1S/C19H20ClN3S/c1-12-16(13(2)23(22-12)14-6-4-3-5-7-14)11-21-17-8-9-18-15(17)10-19(20)24-18/h3-7,10,17,21H,8-9,11H2,1-2H3. The molecule has 24 heavy (non-hydrogen) atoms. The van der Waals surface area contributed by atoms with Gasteiger partial charge >= 0.3 is 0 Å². The van der Waals surface area contributed by atoms with Crippen LogP contribution < -0.4 is 5.32 Å². The summed E-state index contributed by atoms with van der Waals surface area (Å²) in [5.41, 5.74) is 6.07. The Labute approximate surface area is 151 Å². The van der Waals surface area contributed by atoms with Crippen molar-refractivity contribution in [3.05, 3.63) is 68.1 Å². The summed E-state index contributed by atoms with van der Waals surface area (Å²) in [5.74, 6) is 0. The fraction of sp³-hybridized carbons (Fsp3) is 0.316. The van der Waals surface area contributed by atoms with E-state index in [9.17, 15) is 0 Å². The highest BCUT2D eigenvalue weighted by molar-refractivity contribution is 7.16. The van der Waals surface area contributed by atoms with Crippen LogP contribution in [0, 0.1) is 13.8 Å². The zero-order valence-electron chi connectivity index (χ0n) is 13.8. The van der Waals surface area contributed by atoms with Crippen molar-refractivity contribution < 1.29 is 0 Å². The number of thiophene rings is 1.